The number of nitrogens with zero attached hydrogens (tertiary/aromatic N) is 4. The van der Waals surface area contributed by atoms with Crippen LogP contribution in [-0.4, -0.2) is 28.0 Å². The molecule has 3 aromatic rings. The number of hydrogen-bond donors (Lipinski definition) is 0. The summed E-state index contributed by atoms with van der Waals surface area (Å²) in [4.78, 5) is 21.6. The van der Waals surface area contributed by atoms with Crippen LogP contribution in [0.15, 0.2) is 42.6 Å². The van der Waals surface area contributed by atoms with E-state index in [0.29, 0.717) is 5.92 Å². The van der Waals surface area contributed by atoms with Crippen molar-refractivity contribution in [1.82, 2.24) is 9.97 Å². The zero-order valence-corrected chi connectivity index (χ0v) is 13.8. The van der Waals surface area contributed by atoms with Crippen LogP contribution < -0.4 is 4.90 Å². The van der Waals surface area contributed by atoms with E-state index in [9.17, 15) is 10.1 Å². The summed E-state index contributed by atoms with van der Waals surface area (Å²) in [5, 5.41) is 11.9. The molecule has 0 saturated carbocycles. The Kier molecular flexibility index (Phi) is 3.86. The Morgan fingerprint density at radius 2 is 2.12 bits per heavy atom. The number of aromatic nitrogens is 2. The molecule has 1 fully saturated rings. The highest BCUT2D eigenvalue weighted by atomic mass is 32.1. The number of benzene rings is 1. The average Bonchev–Trinajstić information content (AvgIpc) is 3.06. The molecule has 0 bridgehead atoms. The second-order valence-corrected chi connectivity index (χ2v) is 7.00. The van der Waals surface area contributed by atoms with Crippen molar-refractivity contribution in [3.63, 3.8) is 0 Å². The van der Waals surface area contributed by atoms with E-state index in [1.807, 2.05) is 18.2 Å². The van der Waals surface area contributed by atoms with E-state index in [0.717, 1.165) is 37.3 Å². The minimum Gasteiger partial charge on any atom is -0.356 e. The van der Waals surface area contributed by atoms with Crippen LogP contribution in [0.1, 0.15) is 23.8 Å². The number of rotatable bonds is 3. The monoisotopic (exact) mass is 340 g/mol. The first-order valence-corrected chi connectivity index (χ1v) is 8.73. The molecule has 0 radical (unpaired) electrons. The van der Waals surface area contributed by atoms with Crippen LogP contribution in [0.3, 0.4) is 0 Å². The van der Waals surface area contributed by atoms with Gasteiger partial charge >= 0.3 is 0 Å². The third kappa shape index (κ3) is 2.82. The van der Waals surface area contributed by atoms with Crippen LogP contribution in [0.2, 0.25) is 0 Å². The Hall–Kier alpha value is -2.54. The van der Waals surface area contributed by atoms with Gasteiger partial charge < -0.3 is 4.90 Å². The second-order valence-electron chi connectivity index (χ2n) is 5.94. The lowest BCUT2D eigenvalue weighted by molar-refractivity contribution is -0.385. The molecule has 0 N–H and O–H groups in total. The highest BCUT2D eigenvalue weighted by Gasteiger charge is 2.25. The number of para-hydroxylation sites is 1. The molecule has 7 heteroatoms. The van der Waals surface area contributed by atoms with Crippen LogP contribution in [-0.2, 0) is 0 Å². The third-order valence-corrected chi connectivity index (χ3v) is 5.55. The molecule has 1 aromatic carbocycles. The normalized spacial score (nSPS) is 18.0. The molecule has 6 nitrogen and oxygen atoms in total. The zero-order valence-electron chi connectivity index (χ0n) is 13.0. The fourth-order valence-electron chi connectivity index (χ4n) is 3.12. The van der Waals surface area contributed by atoms with Gasteiger partial charge in [-0.25, -0.2) is 9.97 Å². The Balaban J connectivity index is 1.55. The molecule has 0 spiro atoms. The first kappa shape index (κ1) is 15.0. The van der Waals surface area contributed by atoms with Gasteiger partial charge in [0.15, 0.2) is 0 Å². The summed E-state index contributed by atoms with van der Waals surface area (Å²) in [7, 11) is 0. The molecular formula is C17H16N4O2S. The van der Waals surface area contributed by atoms with Crippen LogP contribution in [0.5, 0.6) is 0 Å². The molecule has 122 valence electrons. The number of pyridine rings is 1. The van der Waals surface area contributed by atoms with Gasteiger partial charge in [0.2, 0.25) is 0 Å². The van der Waals surface area contributed by atoms with Gasteiger partial charge in [0, 0.05) is 25.1 Å². The first-order valence-electron chi connectivity index (χ1n) is 7.91. The molecule has 0 aliphatic carbocycles. The van der Waals surface area contributed by atoms with Crippen molar-refractivity contribution >= 4 is 33.1 Å². The Morgan fingerprint density at radius 3 is 2.88 bits per heavy atom. The number of anilines is 1. The van der Waals surface area contributed by atoms with E-state index in [-0.39, 0.29) is 5.69 Å². The van der Waals surface area contributed by atoms with E-state index in [4.69, 9.17) is 4.98 Å². The smallest absolute Gasteiger partial charge is 0.287 e. The summed E-state index contributed by atoms with van der Waals surface area (Å²) in [6.07, 6.45) is 3.51. The number of fused-ring (bicyclic) bond motifs is 1. The number of thiazole rings is 1. The Bertz CT molecular complexity index is 845. The van der Waals surface area contributed by atoms with Gasteiger partial charge in [-0.2, -0.15) is 0 Å². The van der Waals surface area contributed by atoms with Crippen molar-refractivity contribution in [1.29, 1.82) is 0 Å². The minimum atomic E-state index is -0.420. The van der Waals surface area contributed by atoms with Crippen LogP contribution in [0, 0.1) is 10.1 Å². The lowest BCUT2D eigenvalue weighted by Crippen LogP contribution is -2.34. The average molecular weight is 340 g/mol. The van der Waals surface area contributed by atoms with Gasteiger partial charge in [0.05, 0.1) is 20.1 Å². The zero-order chi connectivity index (χ0) is 16.5. The van der Waals surface area contributed by atoms with E-state index < -0.39 is 4.92 Å². The number of nitro groups is 1. The van der Waals surface area contributed by atoms with E-state index in [2.05, 4.69) is 16.0 Å². The topological polar surface area (TPSA) is 72.2 Å². The fraction of sp³-hybridized carbons (Fsp3) is 0.294. The molecule has 1 unspecified atom stereocenters. The van der Waals surface area contributed by atoms with Crippen LogP contribution in [0.4, 0.5) is 11.5 Å². The maximum absolute atomic E-state index is 10.8. The Morgan fingerprint density at radius 1 is 1.25 bits per heavy atom. The molecule has 1 aliphatic heterocycles. The lowest BCUT2D eigenvalue weighted by atomic mass is 9.99. The predicted molar refractivity (Wildman–Crippen MR) is 94.7 cm³/mol. The van der Waals surface area contributed by atoms with Crippen molar-refractivity contribution in [2.75, 3.05) is 18.0 Å². The van der Waals surface area contributed by atoms with Gasteiger partial charge in [-0.15, -0.1) is 11.3 Å². The van der Waals surface area contributed by atoms with Gasteiger partial charge in [-0.05, 0) is 31.0 Å². The van der Waals surface area contributed by atoms with Gasteiger partial charge in [0.25, 0.3) is 5.69 Å². The molecule has 3 heterocycles. The molecule has 4 rings (SSSR count). The second kappa shape index (κ2) is 6.16. The van der Waals surface area contributed by atoms with Crippen LogP contribution >= 0.6 is 11.3 Å². The van der Waals surface area contributed by atoms with E-state index >= 15 is 0 Å². The van der Waals surface area contributed by atoms with Gasteiger partial charge in [-0.1, -0.05) is 12.1 Å². The highest BCUT2D eigenvalue weighted by Crippen LogP contribution is 2.34. The molecule has 0 amide bonds. The maximum Gasteiger partial charge on any atom is 0.287 e. The summed E-state index contributed by atoms with van der Waals surface area (Å²) >= 11 is 1.76. The lowest BCUT2D eigenvalue weighted by Gasteiger charge is -2.32. The molecular weight excluding hydrogens is 324 g/mol. The number of hydrogen-bond acceptors (Lipinski definition) is 6. The largest absolute Gasteiger partial charge is 0.356 e. The molecule has 1 saturated heterocycles. The third-order valence-electron chi connectivity index (χ3n) is 4.35. The maximum atomic E-state index is 10.8. The Labute approximate surface area is 142 Å². The standard InChI is InChI=1S/C17H16N4O2S/c22-21(23)13-7-8-16(18-10-13)20-9-3-4-12(11-20)17-19-14-5-1-2-6-15(14)24-17/h1-2,5-8,10,12H,3-4,9,11H2. The van der Waals surface area contributed by atoms with Crippen molar-refractivity contribution in [2.45, 2.75) is 18.8 Å². The quantitative estimate of drug-likeness (QED) is 0.532. The van der Waals surface area contributed by atoms with Crippen molar-refractivity contribution in [3.8, 4) is 0 Å². The summed E-state index contributed by atoms with van der Waals surface area (Å²) in [6, 6.07) is 11.5. The van der Waals surface area contributed by atoms with E-state index in [1.165, 1.54) is 22.0 Å². The van der Waals surface area contributed by atoms with Gasteiger partial charge in [0.1, 0.15) is 12.0 Å². The summed E-state index contributed by atoms with van der Waals surface area (Å²) < 4.78 is 1.22. The summed E-state index contributed by atoms with van der Waals surface area (Å²) in [5.41, 5.74) is 1.08. The van der Waals surface area contributed by atoms with Crippen molar-refractivity contribution in [2.24, 2.45) is 0 Å². The predicted octanol–water partition coefficient (Wildman–Crippen LogP) is 3.98. The SMILES string of the molecule is O=[N+]([O-])c1ccc(N2CCCC(c3nc4ccccc4s3)C2)nc1. The van der Waals surface area contributed by atoms with Crippen molar-refractivity contribution in [3.05, 3.63) is 57.7 Å². The van der Waals surface area contributed by atoms with Crippen LogP contribution in [0.25, 0.3) is 10.2 Å². The summed E-state index contributed by atoms with van der Waals surface area (Å²) in [5.74, 6) is 1.18. The minimum absolute atomic E-state index is 0.0264. The van der Waals surface area contributed by atoms with Crippen molar-refractivity contribution < 1.29 is 4.92 Å². The van der Waals surface area contributed by atoms with E-state index in [1.54, 1.807) is 17.4 Å². The molecule has 1 aliphatic rings. The fourth-order valence-corrected chi connectivity index (χ4v) is 4.22. The molecule has 2 aromatic heterocycles. The highest BCUT2D eigenvalue weighted by molar-refractivity contribution is 7.18. The first-order chi connectivity index (χ1) is 11.7. The molecule has 24 heavy (non-hydrogen) atoms. The summed E-state index contributed by atoms with van der Waals surface area (Å²) in [6.45, 7) is 1.77. The van der Waals surface area contributed by atoms with Gasteiger partial charge in [-0.3, -0.25) is 10.1 Å². The molecule has 1 atom stereocenters. The number of piperidine rings is 1.